The van der Waals surface area contributed by atoms with Gasteiger partial charge in [-0.25, -0.2) is 0 Å². The molecule has 90 valence electrons. The minimum absolute atomic E-state index is 0.491. The van der Waals surface area contributed by atoms with Gasteiger partial charge in [0.1, 0.15) is 0 Å². The molecule has 1 saturated heterocycles. The van der Waals surface area contributed by atoms with Gasteiger partial charge in [0.15, 0.2) is 0 Å². The second-order valence-electron chi connectivity index (χ2n) is 5.63. The van der Waals surface area contributed by atoms with Crippen molar-refractivity contribution in [3.05, 3.63) is 0 Å². The van der Waals surface area contributed by atoms with Crippen LogP contribution in [0.15, 0.2) is 0 Å². The Labute approximate surface area is 95.4 Å². The molecule has 2 heteroatoms. The third-order valence-corrected chi connectivity index (χ3v) is 3.69. The summed E-state index contributed by atoms with van der Waals surface area (Å²) in [6.45, 7) is 14.2. The summed E-state index contributed by atoms with van der Waals surface area (Å²) in [6, 6.07) is 0.774. The summed E-state index contributed by atoms with van der Waals surface area (Å²) in [5.74, 6) is 0. The first-order chi connectivity index (χ1) is 7.07. The van der Waals surface area contributed by atoms with Crippen molar-refractivity contribution in [2.24, 2.45) is 5.41 Å². The summed E-state index contributed by atoms with van der Waals surface area (Å²) in [4.78, 5) is 2.64. The van der Waals surface area contributed by atoms with E-state index >= 15 is 0 Å². The zero-order valence-electron chi connectivity index (χ0n) is 11.0. The molecule has 0 unspecified atom stereocenters. The first kappa shape index (κ1) is 13.0. The van der Waals surface area contributed by atoms with Gasteiger partial charge in [-0.3, -0.25) is 0 Å². The van der Waals surface area contributed by atoms with Crippen molar-refractivity contribution in [3.63, 3.8) is 0 Å². The highest BCUT2D eigenvalue weighted by atomic mass is 15.1. The third kappa shape index (κ3) is 4.52. The maximum absolute atomic E-state index is 3.56. The minimum Gasteiger partial charge on any atom is -0.314 e. The molecule has 1 heterocycles. The fourth-order valence-corrected chi connectivity index (χ4v) is 2.30. The molecule has 0 amide bonds. The lowest BCUT2D eigenvalue weighted by atomic mass is 9.89. The van der Waals surface area contributed by atoms with Crippen LogP contribution in [0.5, 0.6) is 0 Å². The molecule has 1 aliphatic rings. The van der Waals surface area contributed by atoms with E-state index in [0.717, 1.165) is 12.6 Å². The van der Waals surface area contributed by atoms with Crippen molar-refractivity contribution in [2.75, 3.05) is 26.2 Å². The highest BCUT2D eigenvalue weighted by Gasteiger charge is 2.23. The molecule has 1 fully saturated rings. The Hall–Kier alpha value is -0.0800. The van der Waals surface area contributed by atoms with Crippen LogP contribution in [0.4, 0.5) is 0 Å². The molecule has 0 spiro atoms. The van der Waals surface area contributed by atoms with Crippen molar-refractivity contribution in [1.82, 2.24) is 10.2 Å². The van der Waals surface area contributed by atoms with Gasteiger partial charge in [0.2, 0.25) is 0 Å². The van der Waals surface area contributed by atoms with E-state index in [1.165, 1.54) is 38.9 Å². The molecule has 0 bridgehead atoms. The van der Waals surface area contributed by atoms with Crippen molar-refractivity contribution >= 4 is 0 Å². The molecule has 0 aromatic rings. The van der Waals surface area contributed by atoms with Gasteiger partial charge in [0, 0.05) is 12.6 Å². The summed E-state index contributed by atoms with van der Waals surface area (Å²) in [5.41, 5.74) is 0.491. The standard InChI is InChI=1S/C13H28N2/c1-5-13(3,4)11-15-9-7-12(8-10-15)14-6-2/h12,14H,5-11H2,1-4H3. The van der Waals surface area contributed by atoms with Crippen LogP contribution >= 0.6 is 0 Å². The van der Waals surface area contributed by atoms with Crippen LogP contribution in [-0.2, 0) is 0 Å². The van der Waals surface area contributed by atoms with Crippen LogP contribution in [0.2, 0.25) is 0 Å². The van der Waals surface area contributed by atoms with E-state index in [4.69, 9.17) is 0 Å². The lowest BCUT2D eigenvalue weighted by Crippen LogP contribution is -2.45. The van der Waals surface area contributed by atoms with Crippen LogP contribution in [0, 0.1) is 5.41 Å². The zero-order chi connectivity index (χ0) is 11.3. The van der Waals surface area contributed by atoms with E-state index in [-0.39, 0.29) is 0 Å². The molecule has 0 saturated carbocycles. The van der Waals surface area contributed by atoms with Gasteiger partial charge >= 0.3 is 0 Å². The molecular weight excluding hydrogens is 184 g/mol. The predicted molar refractivity (Wildman–Crippen MR) is 67.2 cm³/mol. The van der Waals surface area contributed by atoms with Gasteiger partial charge in [-0.05, 0) is 44.3 Å². The van der Waals surface area contributed by atoms with Crippen LogP contribution in [-0.4, -0.2) is 37.1 Å². The second-order valence-corrected chi connectivity index (χ2v) is 5.63. The highest BCUT2D eigenvalue weighted by Crippen LogP contribution is 2.23. The number of nitrogens with one attached hydrogen (secondary N) is 1. The van der Waals surface area contributed by atoms with Crippen LogP contribution in [0.25, 0.3) is 0 Å². The quantitative estimate of drug-likeness (QED) is 0.753. The number of likely N-dealkylation sites (tertiary alicyclic amines) is 1. The Morgan fingerprint density at radius 2 is 1.80 bits per heavy atom. The largest absolute Gasteiger partial charge is 0.314 e. The second kappa shape index (κ2) is 5.86. The molecule has 1 N–H and O–H groups in total. The molecule has 2 nitrogen and oxygen atoms in total. The number of piperidine rings is 1. The fraction of sp³-hybridized carbons (Fsp3) is 1.00. The SMILES string of the molecule is CCNC1CCN(CC(C)(C)CC)CC1. The molecule has 0 aliphatic carbocycles. The Balaban J connectivity index is 2.25. The molecule has 0 atom stereocenters. The molecular formula is C13H28N2. The summed E-state index contributed by atoms with van der Waals surface area (Å²) >= 11 is 0. The van der Waals surface area contributed by atoms with Gasteiger partial charge in [0.25, 0.3) is 0 Å². The summed E-state index contributed by atoms with van der Waals surface area (Å²) < 4.78 is 0. The highest BCUT2D eigenvalue weighted by molar-refractivity contribution is 4.80. The summed E-state index contributed by atoms with van der Waals surface area (Å²) in [7, 11) is 0. The Bertz CT molecular complexity index is 169. The van der Waals surface area contributed by atoms with Gasteiger partial charge in [0.05, 0.1) is 0 Å². The Morgan fingerprint density at radius 3 is 2.27 bits per heavy atom. The van der Waals surface area contributed by atoms with E-state index in [1.54, 1.807) is 0 Å². The average Bonchev–Trinajstić information content (AvgIpc) is 2.21. The number of hydrogen-bond donors (Lipinski definition) is 1. The van der Waals surface area contributed by atoms with E-state index in [0.29, 0.717) is 5.41 Å². The average molecular weight is 212 g/mol. The van der Waals surface area contributed by atoms with Gasteiger partial charge < -0.3 is 10.2 Å². The van der Waals surface area contributed by atoms with Crippen LogP contribution in [0.3, 0.4) is 0 Å². The van der Waals surface area contributed by atoms with Gasteiger partial charge in [-0.1, -0.05) is 27.7 Å². The molecule has 1 rings (SSSR count). The summed E-state index contributed by atoms with van der Waals surface area (Å²) in [6.07, 6.45) is 3.93. The van der Waals surface area contributed by atoms with Crippen molar-refractivity contribution in [2.45, 2.75) is 53.0 Å². The van der Waals surface area contributed by atoms with Gasteiger partial charge in [-0.15, -0.1) is 0 Å². The topological polar surface area (TPSA) is 15.3 Å². The molecule has 0 aromatic carbocycles. The zero-order valence-corrected chi connectivity index (χ0v) is 11.0. The Kier molecular flexibility index (Phi) is 5.07. The minimum atomic E-state index is 0.491. The lowest BCUT2D eigenvalue weighted by molar-refractivity contribution is 0.135. The summed E-state index contributed by atoms with van der Waals surface area (Å²) in [5, 5.41) is 3.56. The van der Waals surface area contributed by atoms with E-state index < -0.39 is 0 Å². The number of hydrogen-bond acceptors (Lipinski definition) is 2. The van der Waals surface area contributed by atoms with E-state index in [2.05, 4.69) is 37.9 Å². The maximum atomic E-state index is 3.56. The van der Waals surface area contributed by atoms with E-state index in [9.17, 15) is 0 Å². The normalized spacial score (nSPS) is 20.8. The fourth-order valence-electron chi connectivity index (χ4n) is 2.30. The third-order valence-electron chi connectivity index (χ3n) is 3.69. The maximum Gasteiger partial charge on any atom is 0.00912 e. The lowest BCUT2D eigenvalue weighted by Gasteiger charge is -2.37. The smallest absolute Gasteiger partial charge is 0.00912 e. The monoisotopic (exact) mass is 212 g/mol. The number of rotatable bonds is 5. The Morgan fingerprint density at radius 1 is 1.20 bits per heavy atom. The van der Waals surface area contributed by atoms with E-state index in [1.807, 2.05) is 0 Å². The van der Waals surface area contributed by atoms with Crippen molar-refractivity contribution in [1.29, 1.82) is 0 Å². The van der Waals surface area contributed by atoms with Crippen LogP contribution in [0.1, 0.15) is 47.0 Å². The van der Waals surface area contributed by atoms with Crippen LogP contribution < -0.4 is 5.32 Å². The molecule has 15 heavy (non-hydrogen) atoms. The van der Waals surface area contributed by atoms with Crippen molar-refractivity contribution in [3.8, 4) is 0 Å². The molecule has 1 aliphatic heterocycles. The molecule has 0 radical (unpaired) electrons. The molecule has 0 aromatic heterocycles. The van der Waals surface area contributed by atoms with Gasteiger partial charge in [-0.2, -0.15) is 0 Å². The van der Waals surface area contributed by atoms with Crippen molar-refractivity contribution < 1.29 is 0 Å². The first-order valence-electron chi connectivity index (χ1n) is 6.53. The first-order valence-corrected chi connectivity index (χ1v) is 6.53. The number of nitrogens with zero attached hydrogens (tertiary/aromatic N) is 1. The predicted octanol–water partition coefficient (Wildman–Crippen LogP) is 2.50.